The van der Waals surface area contributed by atoms with Crippen LogP contribution in [-0.2, 0) is 26.2 Å². The first-order valence-corrected chi connectivity index (χ1v) is 11.3. The zero-order valence-electron chi connectivity index (χ0n) is 17.8. The topological polar surface area (TPSA) is 96.0 Å². The number of benzene rings is 2. The van der Waals surface area contributed by atoms with Crippen molar-refractivity contribution in [3.63, 3.8) is 0 Å². The van der Waals surface area contributed by atoms with E-state index >= 15 is 0 Å². The minimum Gasteiger partial charge on any atom is -0.497 e. The molecule has 2 amide bonds. The molecule has 0 aliphatic heterocycles. The fraction of sp³-hybridized carbons (Fsp3) is 0.333. The van der Waals surface area contributed by atoms with E-state index in [4.69, 9.17) is 4.74 Å². The van der Waals surface area contributed by atoms with Gasteiger partial charge in [0.15, 0.2) is 0 Å². The summed E-state index contributed by atoms with van der Waals surface area (Å²) in [6.45, 7) is 1.07. The molecule has 0 spiro atoms. The van der Waals surface area contributed by atoms with Crippen molar-refractivity contribution in [1.29, 1.82) is 0 Å². The van der Waals surface area contributed by atoms with Gasteiger partial charge in [-0.05, 0) is 48.9 Å². The summed E-state index contributed by atoms with van der Waals surface area (Å²) in [6, 6.07) is 10.9. The third-order valence-electron chi connectivity index (χ3n) is 4.69. The van der Waals surface area contributed by atoms with E-state index in [9.17, 15) is 22.4 Å². The number of amides is 2. The van der Waals surface area contributed by atoms with E-state index in [1.807, 2.05) is 0 Å². The second-order valence-corrected chi connectivity index (χ2v) is 8.82. The Bertz CT molecular complexity index is 1030. The first-order valence-electron chi connectivity index (χ1n) is 9.44. The Labute approximate surface area is 181 Å². The Morgan fingerprint density at radius 1 is 1.16 bits per heavy atom. The largest absolute Gasteiger partial charge is 0.497 e. The first kappa shape index (κ1) is 24.1. The molecule has 1 N–H and O–H groups in total. The smallest absolute Gasteiger partial charge is 0.244 e. The molecule has 0 bridgehead atoms. The van der Waals surface area contributed by atoms with E-state index in [-0.39, 0.29) is 12.2 Å². The second-order valence-electron chi connectivity index (χ2n) is 6.91. The number of likely N-dealkylation sites (N-methyl/N-ethyl adjacent to an activating group) is 1. The van der Waals surface area contributed by atoms with Crippen LogP contribution in [0.5, 0.6) is 5.75 Å². The van der Waals surface area contributed by atoms with Crippen molar-refractivity contribution in [2.24, 2.45) is 0 Å². The van der Waals surface area contributed by atoms with Crippen molar-refractivity contribution in [3.8, 4) is 5.75 Å². The van der Waals surface area contributed by atoms with Crippen molar-refractivity contribution in [2.75, 3.05) is 31.3 Å². The van der Waals surface area contributed by atoms with E-state index in [0.717, 1.165) is 22.7 Å². The SMILES string of the molecule is CNC(=O)[C@@H](C)N(Cc1cccc(OC)c1)C(=O)CN(c1ccc(F)cc1)S(C)(=O)=O. The summed E-state index contributed by atoms with van der Waals surface area (Å²) in [6.07, 6.45) is 0.957. The van der Waals surface area contributed by atoms with Gasteiger partial charge in [0, 0.05) is 13.6 Å². The summed E-state index contributed by atoms with van der Waals surface area (Å²) < 4.78 is 44.0. The molecular formula is C21H26FN3O5S. The van der Waals surface area contributed by atoms with Crippen LogP contribution in [0.1, 0.15) is 12.5 Å². The maximum Gasteiger partial charge on any atom is 0.244 e. The molecule has 31 heavy (non-hydrogen) atoms. The number of anilines is 1. The predicted octanol–water partition coefficient (Wildman–Crippen LogP) is 1.76. The Kier molecular flexibility index (Phi) is 7.98. The van der Waals surface area contributed by atoms with Gasteiger partial charge in [-0.3, -0.25) is 13.9 Å². The van der Waals surface area contributed by atoms with Crippen molar-refractivity contribution < 1.29 is 27.1 Å². The van der Waals surface area contributed by atoms with Gasteiger partial charge >= 0.3 is 0 Å². The Balaban J connectivity index is 2.37. The molecule has 0 aliphatic carbocycles. The highest BCUT2D eigenvalue weighted by Crippen LogP contribution is 2.20. The molecule has 0 aliphatic rings. The normalized spacial score (nSPS) is 12.0. The molecular weight excluding hydrogens is 425 g/mol. The Hall–Kier alpha value is -3.14. The number of nitrogens with zero attached hydrogens (tertiary/aromatic N) is 2. The lowest BCUT2D eigenvalue weighted by atomic mass is 10.1. The van der Waals surface area contributed by atoms with Crippen LogP contribution in [0.3, 0.4) is 0 Å². The lowest BCUT2D eigenvalue weighted by Gasteiger charge is -2.31. The molecule has 0 saturated heterocycles. The summed E-state index contributed by atoms with van der Waals surface area (Å²) >= 11 is 0. The fourth-order valence-corrected chi connectivity index (χ4v) is 3.83. The first-order chi connectivity index (χ1) is 14.6. The van der Waals surface area contributed by atoms with Gasteiger partial charge in [0.25, 0.3) is 0 Å². The minimum atomic E-state index is -3.85. The monoisotopic (exact) mass is 451 g/mol. The Morgan fingerprint density at radius 3 is 2.35 bits per heavy atom. The highest BCUT2D eigenvalue weighted by Gasteiger charge is 2.29. The van der Waals surface area contributed by atoms with Crippen LogP contribution in [-0.4, -0.2) is 58.1 Å². The molecule has 2 aromatic carbocycles. The number of carbonyl (C=O) groups excluding carboxylic acids is 2. The lowest BCUT2D eigenvalue weighted by Crippen LogP contribution is -2.50. The standard InChI is InChI=1S/C21H26FN3O5S/c1-15(21(27)23-2)24(13-16-6-5-7-19(12-16)30-3)20(26)14-25(31(4,28)29)18-10-8-17(22)9-11-18/h5-12,15H,13-14H2,1-4H3,(H,23,27)/t15-/m1/s1. The molecule has 10 heteroatoms. The van der Waals surface area contributed by atoms with Crippen LogP contribution in [0, 0.1) is 5.82 Å². The average molecular weight is 452 g/mol. The third-order valence-corrected chi connectivity index (χ3v) is 5.84. The maximum atomic E-state index is 13.3. The van der Waals surface area contributed by atoms with Crippen molar-refractivity contribution >= 4 is 27.5 Å². The van der Waals surface area contributed by atoms with Crippen LogP contribution in [0.15, 0.2) is 48.5 Å². The van der Waals surface area contributed by atoms with Crippen molar-refractivity contribution in [1.82, 2.24) is 10.2 Å². The van der Waals surface area contributed by atoms with Gasteiger partial charge in [-0.15, -0.1) is 0 Å². The van der Waals surface area contributed by atoms with Crippen LogP contribution in [0.25, 0.3) is 0 Å². The second kappa shape index (κ2) is 10.3. The molecule has 2 rings (SSSR count). The number of nitrogens with one attached hydrogen (secondary N) is 1. The van der Waals surface area contributed by atoms with Gasteiger partial charge in [0.2, 0.25) is 21.8 Å². The van der Waals surface area contributed by atoms with E-state index in [1.54, 1.807) is 31.2 Å². The molecule has 0 saturated carbocycles. The number of ether oxygens (including phenoxy) is 1. The number of halogens is 1. The molecule has 168 valence electrons. The highest BCUT2D eigenvalue weighted by molar-refractivity contribution is 7.92. The zero-order chi connectivity index (χ0) is 23.2. The quantitative estimate of drug-likeness (QED) is 0.627. The lowest BCUT2D eigenvalue weighted by molar-refractivity contribution is -0.139. The number of hydrogen-bond acceptors (Lipinski definition) is 5. The van der Waals surface area contributed by atoms with E-state index < -0.39 is 40.2 Å². The van der Waals surface area contributed by atoms with Gasteiger partial charge < -0.3 is 15.0 Å². The molecule has 0 heterocycles. The highest BCUT2D eigenvalue weighted by atomic mass is 32.2. The molecule has 0 aromatic heterocycles. The summed E-state index contributed by atoms with van der Waals surface area (Å²) in [5.41, 5.74) is 0.849. The predicted molar refractivity (Wildman–Crippen MR) is 116 cm³/mol. The zero-order valence-corrected chi connectivity index (χ0v) is 18.6. The van der Waals surface area contributed by atoms with Crippen LogP contribution in [0.4, 0.5) is 10.1 Å². The van der Waals surface area contributed by atoms with Gasteiger partial charge in [-0.2, -0.15) is 0 Å². The van der Waals surface area contributed by atoms with E-state index in [1.165, 1.54) is 31.2 Å². The van der Waals surface area contributed by atoms with Crippen molar-refractivity contribution in [3.05, 3.63) is 59.9 Å². The minimum absolute atomic E-state index is 0.0612. The van der Waals surface area contributed by atoms with Gasteiger partial charge in [0.05, 0.1) is 19.1 Å². The molecule has 8 nitrogen and oxygen atoms in total. The Morgan fingerprint density at radius 2 is 1.81 bits per heavy atom. The fourth-order valence-electron chi connectivity index (χ4n) is 2.98. The van der Waals surface area contributed by atoms with Gasteiger partial charge in [-0.25, -0.2) is 12.8 Å². The average Bonchev–Trinajstić information content (AvgIpc) is 2.74. The number of methoxy groups -OCH3 is 1. The third kappa shape index (κ3) is 6.42. The summed E-state index contributed by atoms with van der Waals surface area (Å²) in [4.78, 5) is 26.7. The number of sulfonamides is 1. The molecule has 1 atom stereocenters. The number of carbonyl (C=O) groups is 2. The maximum absolute atomic E-state index is 13.3. The number of hydrogen-bond donors (Lipinski definition) is 1. The van der Waals surface area contributed by atoms with E-state index in [2.05, 4.69) is 5.32 Å². The molecule has 0 radical (unpaired) electrons. The molecule has 2 aromatic rings. The van der Waals surface area contributed by atoms with Crippen molar-refractivity contribution in [2.45, 2.75) is 19.5 Å². The van der Waals surface area contributed by atoms with Crippen LogP contribution in [0.2, 0.25) is 0 Å². The summed E-state index contributed by atoms with van der Waals surface area (Å²) in [7, 11) is -0.883. The van der Waals surface area contributed by atoms with Crippen LogP contribution < -0.4 is 14.4 Å². The number of rotatable bonds is 9. The van der Waals surface area contributed by atoms with Crippen LogP contribution >= 0.6 is 0 Å². The van der Waals surface area contributed by atoms with E-state index in [0.29, 0.717) is 11.3 Å². The van der Waals surface area contributed by atoms with Gasteiger partial charge in [0.1, 0.15) is 24.2 Å². The summed E-state index contributed by atoms with van der Waals surface area (Å²) in [5.74, 6) is -0.935. The van der Waals surface area contributed by atoms with Gasteiger partial charge in [-0.1, -0.05) is 12.1 Å². The molecule has 0 unspecified atom stereocenters. The summed E-state index contributed by atoms with van der Waals surface area (Å²) in [5, 5.41) is 2.50. The molecule has 0 fully saturated rings.